The molecule has 0 radical (unpaired) electrons. The number of hydrogen-bond donors (Lipinski definition) is 1. The Bertz CT molecular complexity index is 1760. The average molecular weight is 655 g/mol. The molecule has 2 atom stereocenters. The van der Waals surface area contributed by atoms with Gasteiger partial charge >= 0.3 is 12.1 Å². The van der Waals surface area contributed by atoms with Crippen molar-refractivity contribution in [1.29, 1.82) is 0 Å². The van der Waals surface area contributed by atoms with Crippen molar-refractivity contribution in [2.45, 2.75) is 30.6 Å². The highest BCUT2D eigenvalue weighted by molar-refractivity contribution is 8.13. The first-order chi connectivity index (χ1) is 22.6. The van der Waals surface area contributed by atoms with Crippen LogP contribution in [0.3, 0.4) is 0 Å². The van der Waals surface area contributed by atoms with Gasteiger partial charge in [0.1, 0.15) is 24.7 Å². The molecule has 4 aromatic rings. The van der Waals surface area contributed by atoms with Gasteiger partial charge in [-0.15, -0.1) is 0 Å². The minimum atomic E-state index is -2.30. The molecule has 4 aromatic carbocycles. The number of nitrogens with one attached hydrogen (secondary N) is 1. The maximum atomic E-state index is 14.6. The number of carbonyl (C=O) groups is 4. The lowest BCUT2D eigenvalue weighted by molar-refractivity contribution is -0.167. The standard InChI is InChI=1S/C36H34N2O8S/c1-35(33(41)47-28-20-18-27(44-4)19-21-28,32(40)45-22-25-14-16-26(43-3)17-15-25)36(29-12-8-9-13-30(29)38(2)31(36)39)37-34(42)46-23-24-10-6-5-7-11-24/h5-21H,22-23H2,1-4H3,(H,37,42). The summed E-state index contributed by atoms with van der Waals surface area (Å²) in [5.41, 5.74) is -2.54. The van der Waals surface area contributed by atoms with Crippen LogP contribution in [0.4, 0.5) is 10.5 Å². The average Bonchev–Trinajstić information content (AvgIpc) is 3.32. The first-order valence-corrected chi connectivity index (χ1v) is 15.5. The molecule has 1 aliphatic rings. The van der Waals surface area contributed by atoms with Gasteiger partial charge in [-0.2, -0.15) is 0 Å². The van der Waals surface area contributed by atoms with Gasteiger partial charge in [0.15, 0.2) is 11.0 Å². The number of rotatable bonds is 11. The topological polar surface area (TPSA) is 120 Å². The molecule has 2 unspecified atom stereocenters. The van der Waals surface area contributed by atoms with E-state index in [-0.39, 0.29) is 18.8 Å². The van der Waals surface area contributed by atoms with Crippen LogP contribution in [0.1, 0.15) is 23.6 Å². The molecule has 0 bridgehead atoms. The van der Waals surface area contributed by atoms with Crippen LogP contribution >= 0.6 is 11.8 Å². The summed E-state index contributed by atoms with van der Waals surface area (Å²) in [5.74, 6) is -0.530. The highest BCUT2D eigenvalue weighted by Gasteiger charge is 2.69. The van der Waals surface area contributed by atoms with E-state index in [0.717, 1.165) is 11.8 Å². The van der Waals surface area contributed by atoms with E-state index in [1.807, 2.05) is 6.07 Å². The summed E-state index contributed by atoms with van der Waals surface area (Å²) in [5, 5.41) is 1.96. The summed E-state index contributed by atoms with van der Waals surface area (Å²) in [6.07, 6.45) is -0.997. The number of alkyl carbamates (subject to hydrolysis) is 1. The number of fused-ring (bicyclic) bond motifs is 1. The maximum absolute atomic E-state index is 14.6. The van der Waals surface area contributed by atoms with Crippen molar-refractivity contribution in [3.05, 3.63) is 120 Å². The third kappa shape index (κ3) is 6.39. The number of esters is 1. The normalized spacial score (nSPS) is 16.4. The van der Waals surface area contributed by atoms with Crippen molar-refractivity contribution < 1.29 is 38.1 Å². The Morgan fingerprint density at radius 1 is 0.766 bits per heavy atom. The third-order valence-electron chi connectivity index (χ3n) is 8.16. The number of hydrogen-bond acceptors (Lipinski definition) is 9. The molecular weight excluding hydrogens is 620 g/mol. The smallest absolute Gasteiger partial charge is 0.408 e. The van der Waals surface area contributed by atoms with Crippen molar-refractivity contribution in [1.82, 2.24) is 5.32 Å². The van der Waals surface area contributed by atoms with Gasteiger partial charge in [-0.3, -0.25) is 14.4 Å². The van der Waals surface area contributed by atoms with Crippen molar-refractivity contribution in [2.75, 3.05) is 26.2 Å². The van der Waals surface area contributed by atoms with Crippen LogP contribution in [0.25, 0.3) is 0 Å². The van der Waals surface area contributed by atoms with Crippen LogP contribution in [-0.2, 0) is 42.6 Å². The van der Waals surface area contributed by atoms with E-state index in [9.17, 15) is 19.2 Å². The van der Waals surface area contributed by atoms with Crippen LogP contribution in [0.15, 0.2) is 108 Å². The SMILES string of the molecule is COc1ccc(COC(=O)C(C)(C(=O)Sc2ccc(OC)cc2)C2(NC(=O)OCc3ccccc3)C(=O)N(C)c3ccccc32)cc1. The van der Waals surface area contributed by atoms with E-state index in [2.05, 4.69) is 5.32 Å². The first kappa shape index (κ1) is 33.1. The van der Waals surface area contributed by atoms with Gasteiger partial charge in [0.2, 0.25) is 5.12 Å². The number of carbonyl (C=O) groups excluding carboxylic acids is 4. The predicted molar refractivity (Wildman–Crippen MR) is 176 cm³/mol. The zero-order valence-corrected chi connectivity index (χ0v) is 27.2. The molecule has 1 N–H and O–H groups in total. The highest BCUT2D eigenvalue weighted by Crippen LogP contribution is 2.53. The largest absolute Gasteiger partial charge is 0.497 e. The van der Waals surface area contributed by atoms with Gasteiger partial charge in [0.05, 0.1) is 14.2 Å². The van der Waals surface area contributed by atoms with E-state index in [4.69, 9.17) is 18.9 Å². The number of anilines is 1. The molecule has 47 heavy (non-hydrogen) atoms. The summed E-state index contributed by atoms with van der Waals surface area (Å²) in [6.45, 7) is 1.01. The van der Waals surface area contributed by atoms with Gasteiger partial charge in [-0.05, 0) is 60.5 Å². The summed E-state index contributed by atoms with van der Waals surface area (Å²) < 4.78 is 21.8. The van der Waals surface area contributed by atoms with Crippen LogP contribution in [0.2, 0.25) is 0 Å². The number of likely N-dealkylation sites (N-methyl/N-ethyl adjacent to an activating group) is 1. The maximum Gasteiger partial charge on any atom is 0.408 e. The number of amides is 2. The van der Waals surface area contributed by atoms with Crippen molar-refractivity contribution in [3.8, 4) is 11.5 Å². The summed E-state index contributed by atoms with van der Waals surface area (Å²) >= 11 is 0.751. The van der Waals surface area contributed by atoms with Crippen LogP contribution in [0.5, 0.6) is 11.5 Å². The Kier molecular flexibility index (Phi) is 9.86. The highest BCUT2D eigenvalue weighted by atomic mass is 32.2. The second kappa shape index (κ2) is 14.0. The molecule has 1 aliphatic heterocycles. The van der Waals surface area contributed by atoms with Crippen LogP contribution in [-0.4, -0.2) is 44.4 Å². The summed E-state index contributed by atoms with van der Waals surface area (Å²) in [6, 6.07) is 29.2. The van der Waals surface area contributed by atoms with Crippen molar-refractivity contribution in [3.63, 3.8) is 0 Å². The molecule has 1 heterocycles. The lowest BCUT2D eigenvalue weighted by Crippen LogP contribution is -2.66. The molecule has 0 aromatic heterocycles. The molecule has 0 saturated heterocycles. The van der Waals surface area contributed by atoms with Gasteiger partial charge in [-0.25, -0.2) is 4.79 Å². The molecule has 0 spiro atoms. The second-order valence-corrected chi connectivity index (χ2v) is 12.0. The fourth-order valence-electron chi connectivity index (χ4n) is 5.46. The number of benzene rings is 4. The molecule has 242 valence electrons. The molecule has 0 saturated carbocycles. The van der Waals surface area contributed by atoms with Crippen molar-refractivity contribution >= 4 is 40.5 Å². The second-order valence-electron chi connectivity index (χ2n) is 10.9. The van der Waals surface area contributed by atoms with Crippen LogP contribution in [0, 0.1) is 5.41 Å². The Hall–Kier alpha value is -5.29. The van der Waals surface area contributed by atoms with Crippen molar-refractivity contribution in [2.24, 2.45) is 5.41 Å². The lowest BCUT2D eigenvalue weighted by Gasteiger charge is -2.41. The van der Waals surface area contributed by atoms with Crippen LogP contribution < -0.4 is 19.7 Å². The number of nitrogens with zero attached hydrogens (tertiary/aromatic N) is 1. The number of methoxy groups -OCH3 is 2. The molecule has 11 heteroatoms. The van der Waals surface area contributed by atoms with Gasteiger partial charge in [0.25, 0.3) is 5.91 Å². The minimum absolute atomic E-state index is 0.110. The first-order valence-electron chi connectivity index (χ1n) is 14.7. The molecule has 0 fully saturated rings. The zero-order chi connectivity index (χ0) is 33.6. The fourth-order valence-corrected chi connectivity index (χ4v) is 6.38. The Morgan fingerprint density at radius 3 is 1.96 bits per heavy atom. The molecule has 2 amide bonds. The van der Waals surface area contributed by atoms with E-state index in [0.29, 0.717) is 33.2 Å². The summed E-state index contributed by atoms with van der Waals surface area (Å²) in [4.78, 5) is 58.9. The summed E-state index contributed by atoms with van der Waals surface area (Å²) in [7, 11) is 4.58. The Labute approximate surface area is 277 Å². The number of para-hydroxylation sites is 1. The van der Waals surface area contributed by atoms with Gasteiger partial charge in [0, 0.05) is 23.2 Å². The Morgan fingerprint density at radius 2 is 1.32 bits per heavy atom. The van der Waals surface area contributed by atoms with Gasteiger partial charge in [-0.1, -0.05) is 72.4 Å². The molecule has 10 nitrogen and oxygen atoms in total. The predicted octanol–water partition coefficient (Wildman–Crippen LogP) is 5.87. The third-order valence-corrected chi connectivity index (χ3v) is 9.26. The monoisotopic (exact) mass is 654 g/mol. The number of ether oxygens (including phenoxy) is 4. The van der Waals surface area contributed by atoms with Gasteiger partial charge < -0.3 is 29.2 Å². The molecule has 0 aliphatic carbocycles. The van der Waals surface area contributed by atoms with E-state index >= 15 is 0 Å². The fraction of sp³-hybridized carbons (Fsp3) is 0.222. The van der Waals surface area contributed by atoms with E-state index < -0.39 is 34.0 Å². The quantitative estimate of drug-likeness (QED) is 0.120. The molecule has 5 rings (SSSR count). The zero-order valence-electron chi connectivity index (χ0n) is 26.4. The number of thioether (sulfide) groups is 1. The van der Waals surface area contributed by atoms with E-state index in [1.165, 1.54) is 33.1 Å². The lowest BCUT2D eigenvalue weighted by atomic mass is 9.67. The minimum Gasteiger partial charge on any atom is -0.497 e. The Balaban J connectivity index is 1.59. The molecular formula is C36H34N2O8S. The van der Waals surface area contributed by atoms with E-state index in [1.54, 1.807) is 97.1 Å².